The number of carbonyl (C=O) groups is 1. The van der Waals surface area contributed by atoms with Gasteiger partial charge in [-0.15, -0.1) is 0 Å². The average molecular weight is 262 g/mol. The first-order valence-electron chi connectivity index (χ1n) is 6.92. The molecule has 2 rings (SSSR count). The topological polar surface area (TPSA) is 50.4 Å². The summed E-state index contributed by atoms with van der Waals surface area (Å²) >= 11 is 0. The molecule has 1 aromatic rings. The fourth-order valence-corrected chi connectivity index (χ4v) is 2.34. The number of ether oxygens (including phenoxy) is 1. The molecule has 1 aliphatic heterocycles. The Balaban J connectivity index is 2.03. The molecule has 19 heavy (non-hydrogen) atoms. The zero-order chi connectivity index (χ0) is 13.5. The maximum Gasteiger partial charge on any atom is 0.224 e. The van der Waals surface area contributed by atoms with Gasteiger partial charge in [0, 0.05) is 32.0 Å². The van der Waals surface area contributed by atoms with Crippen molar-refractivity contribution in [1.29, 1.82) is 0 Å². The van der Waals surface area contributed by atoms with Crippen LogP contribution in [-0.4, -0.2) is 32.2 Å². The Morgan fingerprint density at radius 2 is 2.16 bits per heavy atom. The van der Waals surface area contributed by atoms with E-state index in [-0.39, 0.29) is 5.91 Å². The number of hydrogen-bond acceptors (Lipinski definition) is 3. The fraction of sp³-hybridized carbons (Fsp3) is 0.533. The highest BCUT2D eigenvalue weighted by molar-refractivity contribution is 5.80. The quantitative estimate of drug-likeness (QED) is 0.872. The summed E-state index contributed by atoms with van der Waals surface area (Å²) in [5.41, 5.74) is 2.12. The second-order valence-corrected chi connectivity index (χ2v) is 4.89. The van der Waals surface area contributed by atoms with Crippen molar-refractivity contribution >= 4 is 11.6 Å². The van der Waals surface area contributed by atoms with Crippen LogP contribution in [0.3, 0.4) is 0 Å². The molecule has 1 aromatic carbocycles. The van der Waals surface area contributed by atoms with Gasteiger partial charge in [0.2, 0.25) is 5.91 Å². The summed E-state index contributed by atoms with van der Waals surface area (Å²) in [5.74, 6) is 0.0402. The van der Waals surface area contributed by atoms with Gasteiger partial charge in [0.1, 0.15) is 0 Å². The van der Waals surface area contributed by atoms with Crippen LogP contribution in [0.4, 0.5) is 5.69 Å². The van der Waals surface area contributed by atoms with Gasteiger partial charge < -0.3 is 15.4 Å². The maximum absolute atomic E-state index is 11.5. The Bertz CT molecular complexity index is 412. The molecule has 1 fully saturated rings. The number of likely N-dealkylation sites (N-methyl/N-ethyl adjacent to an activating group) is 1. The standard InChI is InChI=1S/C15H22N2O2/c1-16-15(18)11-12-5-2-3-7-14(12)17-13-6-4-9-19-10-8-13/h2-3,5,7,13,17H,4,6,8-11H2,1H3,(H,16,18). The SMILES string of the molecule is CNC(=O)Cc1ccccc1NC1CCCOCC1. The Hall–Kier alpha value is -1.55. The maximum atomic E-state index is 11.5. The highest BCUT2D eigenvalue weighted by Crippen LogP contribution is 2.20. The summed E-state index contributed by atoms with van der Waals surface area (Å²) in [6.07, 6.45) is 3.65. The van der Waals surface area contributed by atoms with Crippen LogP contribution in [0.2, 0.25) is 0 Å². The predicted octanol–water partition coefficient (Wildman–Crippen LogP) is 1.96. The van der Waals surface area contributed by atoms with Crippen LogP contribution in [0.5, 0.6) is 0 Å². The van der Waals surface area contributed by atoms with E-state index >= 15 is 0 Å². The molecule has 1 aliphatic rings. The van der Waals surface area contributed by atoms with E-state index in [2.05, 4.69) is 10.6 Å². The molecule has 1 saturated heterocycles. The molecule has 1 unspecified atom stereocenters. The van der Waals surface area contributed by atoms with Gasteiger partial charge in [-0.2, -0.15) is 0 Å². The van der Waals surface area contributed by atoms with E-state index < -0.39 is 0 Å². The third kappa shape index (κ3) is 4.24. The molecule has 0 spiro atoms. The number of carbonyl (C=O) groups excluding carboxylic acids is 1. The smallest absolute Gasteiger partial charge is 0.224 e. The number of benzene rings is 1. The molecular weight excluding hydrogens is 240 g/mol. The lowest BCUT2D eigenvalue weighted by Gasteiger charge is -2.19. The van der Waals surface area contributed by atoms with Crippen molar-refractivity contribution in [2.45, 2.75) is 31.7 Å². The monoisotopic (exact) mass is 262 g/mol. The third-order valence-corrected chi connectivity index (χ3v) is 3.46. The van der Waals surface area contributed by atoms with Crippen molar-refractivity contribution in [2.75, 3.05) is 25.6 Å². The molecule has 0 saturated carbocycles. The third-order valence-electron chi connectivity index (χ3n) is 3.46. The van der Waals surface area contributed by atoms with E-state index in [0.717, 1.165) is 43.7 Å². The summed E-state index contributed by atoms with van der Waals surface area (Å²) < 4.78 is 5.47. The van der Waals surface area contributed by atoms with Crippen LogP contribution in [0.15, 0.2) is 24.3 Å². The highest BCUT2D eigenvalue weighted by atomic mass is 16.5. The molecule has 0 bridgehead atoms. The van der Waals surface area contributed by atoms with Gasteiger partial charge in [0.15, 0.2) is 0 Å². The van der Waals surface area contributed by atoms with E-state index in [1.807, 2.05) is 24.3 Å². The zero-order valence-electron chi connectivity index (χ0n) is 11.4. The number of rotatable bonds is 4. The lowest BCUT2D eigenvalue weighted by Crippen LogP contribution is -2.23. The minimum absolute atomic E-state index is 0.0402. The van der Waals surface area contributed by atoms with Gasteiger partial charge in [0.25, 0.3) is 0 Å². The number of hydrogen-bond donors (Lipinski definition) is 2. The van der Waals surface area contributed by atoms with E-state index in [0.29, 0.717) is 12.5 Å². The summed E-state index contributed by atoms with van der Waals surface area (Å²) in [4.78, 5) is 11.5. The van der Waals surface area contributed by atoms with Crippen LogP contribution in [0, 0.1) is 0 Å². The number of amides is 1. The minimum Gasteiger partial charge on any atom is -0.382 e. The fourth-order valence-electron chi connectivity index (χ4n) is 2.34. The van der Waals surface area contributed by atoms with Crippen LogP contribution in [-0.2, 0) is 16.0 Å². The van der Waals surface area contributed by atoms with Crippen molar-refractivity contribution in [1.82, 2.24) is 5.32 Å². The zero-order valence-corrected chi connectivity index (χ0v) is 11.4. The summed E-state index contributed by atoms with van der Waals surface area (Å²) in [6, 6.07) is 8.46. The second-order valence-electron chi connectivity index (χ2n) is 4.89. The number of nitrogens with one attached hydrogen (secondary N) is 2. The Morgan fingerprint density at radius 3 is 3.00 bits per heavy atom. The molecule has 1 atom stereocenters. The van der Waals surface area contributed by atoms with Crippen molar-refractivity contribution in [3.8, 4) is 0 Å². The van der Waals surface area contributed by atoms with Crippen LogP contribution < -0.4 is 10.6 Å². The highest BCUT2D eigenvalue weighted by Gasteiger charge is 2.14. The largest absolute Gasteiger partial charge is 0.382 e. The Morgan fingerprint density at radius 1 is 1.32 bits per heavy atom. The van der Waals surface area contributed by atoms with Crippen LogP contribution in [0.1, 0.15) is 24.8 Å². The number of anilines is 1. The van der Waals surface area contributed by atoms with E-state index in [1.165, 1.54) is 0 Å². The minimum atomic E-state index is 0.0402. The van der Waals surface area contributed by atoms with Gasteiger partial charge in [0.05, 0.1) is 6.42 Å². The van der Waals surface area contributed by atoms with Gasteiger partial charge in [-0.25, -0.2) is 0 Å². The molecule has 1 amide bonds. The van der Waals surface area contributed by atoms with Crippen LogP contribution >= 0.6 is 0 Å². The Labute approximate surface area is 114 Å². The molecular formula is C15H22N2O2. The predicted molar refractivity (Wildman–Crippen MR) is 76.3 cm³/mol. The molecule has 1 heterocycles. The van der Waals surface area contributed by atoms with Gasteiger partial charge in [-0.3, -0.25) is 4.79 Å². The van der Waals surface area contributed by atoms with Crippen LogP contribution in [0.25, 0.3) is 0 Å². The molecule has 0 aromatic heterocycles. The Kier molecular flexibility index (Phi) is 5.21. The van der Waals surface area contributed by atoms with Gasteiger partial charge >= 0.3 is 0 Å². The molecule has 4 heteroatoms. The first kappa shape index (κ1) is 13.9. The second kappa shape index (κ2) is 7.14. The van der Waals surface area contributed by atoms with E-state index in [9.17, 15) is 4.79 Å². The molecule has 104 valence electrons. The molecule has 2 N–H and O–H groups in total. The normalized spacial score (nSPS) is 19.5. The summed E-state index contributed by atoms with van der Waals surface area (Å²) in [5, 5.41) is 6.23. The van der Waals surface area contributed by atoms with Crippen molar-refractivity contribution < 1.29 is 9.53 Å². The average Bonchev–Trinajstić information content (AvgIpc) is 2.69. The summed E-state index contributed by atoms with van der Waals surface area (Å²) in [7, 11) is 1.67. The first-order chi connectivity index (χ1) is 9.29. The van der Waals surface area contributed by atoms with Gasteiger partial charge in [-0.05, 0) is 30.9 Å². The first-order valence-corrected chi connectivity index (χ1v) is 6.92. The molecule has 0 aliphatic carbocycles. The molecule has 0 radical (unpaired) electrons. The van der Waals surface area contributed by atoms with Crippen molar-refractivity contribution in [3.63, 3.8) is 0 Å². The molecule has 4 nitrogen and oxygen atoms in total. The summed E-state index contributed by atoms with van der Waals surface area (Å²) in [6.45, 7) is 1.67. The lowest BCUT2D eigenvalue weighted by molar-refractivity contribution is -0.119. The van der Waals surface area contributed by atoms with E-state index in [1.54, 1.807) is 7.05 Å². The van der Waals surface area contributed by atoms with Crippen molar-refractivity contribution in [2.24, 2.45) is 0 Å². The van der Waals surface area contributed by atoms with Gasteiger partial charge in [-0.1, -0.05) is 18.2 Å². The number of para-hydroxylation sites is 1. The van der Waals surface area contributed by atoms with Crippen molar-refractivity contribution in [3.05, 3.63) is 29.8 Å². The lowest BCUT2D eigenvalue weighted by atomic mass is 10.1. The van der Waals surface area contributed by atoms with E-state index in [4.69, 9.17) is 4.74 Å².